The Hall–Kier alpha value is -4.94. The Labute approximate surface area is 213 Å². The molecule has 0 spiro atoms. The number of nitrogens with zero attached hydrogens (tertiary/aromatic N) is 5. The van der Waals surface area contributed by atoms with E-state index in [0.717, 1.165) is 12.3 Å². The van der Waals surface area contributed by atoms with Gasteiger partial charge in [-0.25, -0.2) is 9.50 Å². The van der Waals surface area contributed by atoms with Crippen LogP contribution in [0.5, 0.6) is 0 Å². The summed E-state index contributed by atoms with van der Waals surface area (Å²) in [6.07, 6.45) is -2.22. The van der Waals surface area contributed by atoms with Crippen molar-refractivity contribution in [2.45, 2.75) is 26.2 Å². The van der Waals surface area contributed by atoms with Gasteiger partial charge in [0, 0.05) is 17.3 Å². The van der Waals surface area contributed by atoms with Gasteiger partial charge in [0.2, 0.25) is 5.91 Å². The molecule has 0 atom stereocenters. The second-order valence-electron chi connectivity index (χ2n) is 8.32. The standard InChI is InChI=1S/C25H20F3N7O3/c1-15-10-21(33-34(15)14-22(36)29-12-17-8-5-9-38-17)32-24(37)18-13-30-35-20(25(26,27)28)11-19(31-23(18)35)16-6-3-2-4-7-16/h2-11,13H,12,14H2,1H3,(H,29,36)(H,32,33,37). The maximum absolute atomic E-state index is 13.8. The number of benzene rings is 1. The van der Waals surface area contributed by atoms with Crippen molar-refractivity contribution in [2.75, 3.05) is 5.32 Å². The maximum atomic E-state index is 13.8. The zero-order chi connectivity index (χ0) is 26.9. The van der Waals surface area contributed by atoms with Crippen molar-refractivity contribution in [1.82, 2.24) is 29.7 Å². The summed E-state index contributed by atoms with van der Waals surface area (Å²) in [5.41, 5.74) is -0.423. The number of hydrogen-bond donors (Lipinski definition) is 2. The number of aryl methyl sites for hydroxylation is 1. The number of aromatic nitrogens is 5. The number of alkyl halides is 3. The van der Waals surface area contributed by atoms with E-state index in [0.29, 0.717) is 21.5 Å². The molecule has 0 aliphatic carbocycles. The van der Waals surface area contributed by atoms with Gasteiger partial charge in [-0.1, -0.05) is 30.3 Å². The molecule has 0 aliphatic heterocycles. The molecule has 13 heteroatoms. The number of halogens is 3. The Morgan fingerprint density at radius 1 is 1.08 bits per heavy atom. The number of furan rings is 1. The first-order chi connectivity index (χ1) is 18.2. The van der Waals surface area contributed by atoms with Gasteiger partial charge in [0.1, 0.15) is 17.9 Å². The fourth-order valence-electron chi connectivity index (χ4n) is 3.79. The normalized spacial score (nSPS) is 11.6. The summed E-state index contributed by atoms with van der Waals surface area (Å²) in [6, 6.07) is 14.2. The summed E-state index contributed by atoms with van der Waals surface area (Å²) in [7, 11) is 0. The third-order valence-corrected chi connectivity index (χ3v) is 5.63. The average Bonchev–Trinajstić information content (AvgIpc) is 3.62. The van der Waals surface area contributed by atoms with Crippen LogP contribution in [0.1, 0.15) is 27.5 Å². The van der Waals surface area contributed by atoms with E-state index >= 15 is 0 Å². The highest BCUT2D eigenvalue weighted by Crippen LogP contribution is 2.32. The van der Waals surface area contributed by atoms with Crippen molar-refractivity contribution in [3.8, 4) is 11.3 Å². The molecule has 2 amide bonds. The highest BCUT2D eigenvalue weighted by atomic mass is 19.4. The fourth-order valence-corrected chi connectivity index (χ4v) is 3.79. The lowest BCUT2D eigenvalue weighted by molar-refractivity contribution is -0.142. The molecule has 5 aromatic rings. The average molecular weight is 523 g/mol. The van der Waals surface area contributed by atoms with Gasteiger partial charge in [0.25, 0.3) is 5.91 Å². The van der Waals surface area contributed by atoms with Crippen LogP contribution in [0.3, 0.4) is 0 Å². The van der Waals surface area contributed by atoms with Crippen LogP contribution in [0.4, 0.5) is 19.0 Å². The number of nitrogens with one attached hydrogen (secondary N) is 2. The van der Waals surface area contributed by atoms with Crippen LogP contribution in [0.25, 0.3) is 16.9 Å². The number of carbonyl (C=O) groups is 2. The van der Waals surface area contributed by atoms with E-state index in [1.807, 2.05) is 0 Å². The second kappa shape index (κ2) is 9.84. The minimum Gasteiger partial charge on any atom is -0.467 e. The van der Waals surface area contributed by atoms with Gasteiger partial charge in [0.05, 0.1) is 24.7 Å². The van der Waals surface area contributed by atoms with Crippen LogP contribution in [0.15, 0.2) is 71.5 Å². The molecule has 5 rings (SSSR count). The van der Waals surface area contributed by atoms with E-state index in [9.17, 15) is 22.8 Å². The summed E-state index contributed by atoms with van der Waals surface area (Å²) in [5.74, 6) is -0.376. The molecule has 0 radical (unpaired) electrons. The van der Waals surface area contributed by atoms with Crippen LogP contribution >= 0.6 is 0 Å². The molecule has 10 nitrogen and oxygen atoms in total. The van der Waals surface area contributed by atoms with Crippen molar-refractivity contribution < 1.29 is 27.2 Å². The topological polar surface area (TPSA) is 119 Å². The van der Waals surface area contributed by atoms with Gasteiger partial charge < -0.3 is 15.1 Å². The van der Waals surface area contributed by atoms with Crippen molar-refractivity contribution in [3.63, 3.8) is 0 Å². The first-order valence-electron chi connectivity index (χ1n) is 11.4. The number of anilines is 1. The van der Waals surface area contributed by atoms with Gasteiger partial charge in [-0.15, -0.1) is 0 Å². The van der Waals surface area contributed by atoms with Crippen LogP contribution in [0.2, 0.25) is 0 Å². The molecule has 0 bridgehead atoms. The molecule has 194 valence electrons. The lowest BCUT2D eigenvalue weighted by Crippen LogP contribution is -2.27. The molecule has 0 unspecified atom stereocenters. The highest BCUT2D eigenvalue weighted by Gasteiger charge is 2.36. The quantitative estimate of drug-likeness (QED) is 0.332. The maximum Gasteiger partial charge on any atom is 0.433 e. The van der Waals surface area contributed by atoms with E-state index in [4.69, 9.17) is 4.42 Å². The van der Waals surface area contributed by atoms with Crippen LogP contribution in [0, 0.1) is 6.92 Å². The molecule has 2 N–H and O–H groups in total. The summed E-state index contributed by atoms with van der Waals surface area (Å²) in [4.78, 5) is 29.6. The highest BCUT2D eigenvalue weighted by molar-refractivity contribution is 6.07. The van der Waals surface area contributed by atoms with E-state index in [-0.39, 0.29) is 41.7 Å². The van der Waals surface area contributed by atoms with Crippen molar-refractivity contribution in [1.29, 1.82) is 0 Å². The Balaban J connectivity index is 1.38. The van der Waals surface area contributed by atoms with Crippen LogP contribution in [-0.2, 0) is 24.1 Å². The Bertz CT molecular complexity index is 1610. The zero-order valence-electron chi connectivity index (χ0n) is 19.9. The lowest BCUT2D eigenvalue weighted by Gasteiger charge is -2.11. The summed E-state index contributed by atoms with van der Waals surface area (Å²) < 4.78 is 48.6. The van der Waals surface area contributed by atoms with Gasteiger partial charge in [-0.05, 0) is 25.1 Å². The van der Waals surface area contributed by atoms with E-state index in [1.54, 1.807) is 49.4 Å². The third kappa shape index (κ3) is 5.12. The second-order valence-corrected chi connectivity index (χ2v) is 8.32. The van der Waals surface area contributed by atoms with Gasteiger partial charge in [-0.3, -0.25) is 14.3 Å². The number of hydrogen-bond acceptors (Lipinski definition) is 6. The fraction of sp³-hybridized carbons (Fsp3) is 0.160. The molecular weight excluding hydrogens is 503 g/mol. The number of amides is 2. The van der Waals surface area contributed by atoms with Crippen molar-refractivity contribution in [3.05, 3.63) is 89.8 Å². The van der Waals surface area contributed by atoms with Gasteiger partial charge in [-0.2, -0.15) is 23.4 Å². The van der Waals surface area contributed by atoms with Crippen LogP contribution < -0.4 is 10.6 Å². The number of rotatable bonds is 7. The molecule has 4 aromatic heterocycles. The molecule has 0 saturated carbocycles. The van der Waals surface area contributed by atoms with Crippen molar-refractivity contribution in [2.24, 2.45) is 0 Å². The molecule has 0 aliphatic rings. The first kappa shape index (κ1) is 24.7. The zero-order valence-corrected chi connectivity index (χ0v) is 19.9. The minimum absolute atomic E-state index is 0.0423. The Morgan fingerprint density at radius 3 is 2.58 bits per heavy atom. The minimum atomic E-state index is -4.74. The molecular formula is C25H20F3N7O3. The Kier molecular flexibility index (Phi) is 6.41. The molecule has 0 fully saturated rings. The number of fused-ring (bicyclic) bond motifs is 1. The SMILES string of the molecule is Cc1cc(NC(=O)c2cnn3c(C(F)(F)F)cc(-c4ccccc4)nc23)nn1CC(=O)NCc1ccco1. The predicted molar refractivity (Wildman–Crippen MR) is 129 cm³/mol. The Morgan fingerprint density at radius 2 is 1.87 bits per heavy atom. The smallest absolute Gasteiger partial charge is 0.433 e. The van der Waals surface area contributed by atoms with Gasteiger partial charge in [0.15, 0.2) is 17.2 Å². The van der Waals surface area contributed by atoms with E-state index in [1.165, 1.54) is 17.0 Å². The summed E-state index contributed by atoms with van der Waals surface area (Å²) in [6.45, 7) is 1.79. The predicted octanol–water partition coefficient (Wildman–Crippen LogP) is 4.08. The monoisotopic (exact) mass is 523 g/mol. The molecule has 0 saturated heterocycles. The van der Waals surface area contributed by atoms with E-state index < -0.39 is 17.8 Å². The summed E-state index contributed by atoms with van der Waals surface area (Å²) in [5, 5.41) is 13.2. The number of carbonyl (C=O) groups excluding carboxylic acids is 2. The molecule has 1 aromatic carbocycles. The molecule has 38 heavy (non-hydrogen) atoms. The third-order valence-electron chi connectivity index (χ3n) is 5.63. The first-order valence-corrected chi connectivity index (χ1v) is 11.4. The van der Waals surface area contributed by atoms with E-state index in [2.05, 4.69) is 25.8 Å². The largest absolute Gasteiger partial charge is 0.467 e. The molecule has 4 heterocycles. The lowest BCUT2D eigenvalue weighted by atomic mass is 10.1. The van der Waals surface area contributed by atoms with Crippen molar-refractivity contribution >= 4 is 23.3 Å². The van der Waals surface area contributed by atoms with Crippen LogP contribution in [-0.4, -0.2) is 36.2 Å². The summed E-state index contributed by atoms with van der Waals surface area (Å²) >= 11 is 0. The van der Waals surface area contributed by atoms with Gasteiger partial charge >= 0.3 is 6.18 Å².